The van der Waals surface area contributed by atoms with Crippen LogP contribution in [0.4, 0.5) is 0 Å². The fourth-order valence-electron chi connectivity index (χ4n) is 4.16. The molecule has 2 nitrogen and oxygen atoms in total. The number of hydrazine groups is 1. The summed E-state index contributed by atoms with van der Waals surface area (Å²) < 4.78 is 0. The first-order chi connectivity index (χ1) is 10.2. The van der Waals surface area contributed by atoms with Crippen molar-refractivity contribution in [3.63, 3.8) is 0 Å². The Hall–Kier alpha value is -0.860. The van der Waals surface area contributed by atoms with Crippen LogP contribution in [-0.4, -0.2) is 6.04 Å². The van der Waals surface area contributed by atoms with Gasteiger partial charge in [0, 0.05) is 12.0 Å². The number of nitrogens with two attached hydrogens (primary N) is 1. The average molecular weight is 288 g/mol. The van der Waals surface area contributed by atoms with E-state index in [0.29, 0.717) is 23.8 Å². The van der Waals surface area contributed by atoms with E-state index in [4.69, 9.17) is 5.84 Å². The highest BCUT2D eigenvalue weighted by molar-refractivity contribution is 5.22. The molecule has 0 spiro atoms. The van der Waals surface area contributed by atoms with Crippen molar-refractivity contribution in [1.29, 1.82) is 0 Å². The van der Waals surface area contributed by atoms with E-state index in [1.54, 1.807) is 0 Å². The van der Waals surface area contributed by atoms with Gasteiger partial charge in [0.1, 0.15) is 0 Å². The SMILES string of the molecule is CCC(C)C(c1ccccc1)C(NN)C1CCCC(C)C1. The zero-order chi connectivity index (χ0) is 15.2. The maximum atomic E-state index is 6.03. The fraction of sp³-hybridized carbons (Fsp3) is 0.684. The van der Waals surface area contributed by atoms with Crippen LogP contribution >= 0.6 is 0 Å². The minimum atomic E-state index is 0.394. The molecule has 0 radical (unpaired) electrons. The van der Waals surface area contributed by atoms with Gasteiger partial charge in [0.25, 0.3) is 0 Å². The van der Waals surface area contributed by atoms with Gasteiger partial charge in [0.05, 0.1) is 0 Å². The molecule has 5 unspecified atom stereocenters. The summed E-state index contributed by atoms with van der Waals surface area (Å²) in [7, 11) is 0. The smallest absolute Gasteiger partial charge is 0.0310 e. The third kappa shape index (κ3) is 4.08. The predicted octanol–water partition coefficient (Wildman–Crippen LogP) is 4.47. The number of nitrogens with one attached hydrogen (secondary N) is 1. The van der Waals surface area contributed by atoms with Gasteiger partial charge >= 0.3 is 0 Å². The van der Waals surface area contributed by atoms with Crippen LogP contribution < -0.4 is 11.3 Å². The van der Waals surface area contributed by atoms with Gasteiger partial charge in [-0.05, 0) is 36.2 Å². The van der Waals surface area contributed by atoms with Gasteiger partial charge in [0.15, 0.2) is 0 Å². The molecule has 1 aliphatic rings. The minimum absolute atomic E-state index is 0.394. The van der Waals surface area contributed by atoms with Crippen LogP contribution in [0.15, 0.2) is 30.3 Å². The summed E-state index contributed by atoms with van der Waals surface area (Å²) in [5.41, 5.74) is 4.64. The van der Waals surface area contributed by atoms with E-state index in [1.807, 2.05) is 0 Å². The van der Waals surface area contributed by atoms with Crippen LogP contribution in [0.1, 0.15) is 64.4 Å². The maximum Gasteiger partial charge on any atom is 0.0310 e. The van der Waals surface area contributed by atoms with Gasteiger partial charge in [-0.1, -0.05) is 70.4 Å². The second kappa shape index (κ2) is 7.95. The first-order valence-electron chi connectivity index (χ1n) is 8.68. The molecule has 1 fully saturated rings. The Morgan fingerprint density at radius 1 is 1.24 bits per heavy atom. The molecule has 1 saturated carbocycles. The standard InChI is InChI=1S/C19H32N2/c1-4-15(3)18(16-10-6-5-7-11-16)19(21-20)17-12-8-9-14(2)13-17/h5-7,10-11,14-15,17-19,21H,4,8-9,12-13,20H2,1-3H3. The van der Waals surface area contributed by atoms with Gasteiger partial charge in [-0.3, -0.25) is 11.3 Å². The van der Waals surface area contributed by atoms with E-state index in [9.17, 15) is 0 Å². The van der Waals surface area contributed by atoms with E-state index < -0.39 is 0 Å². The van der Waals surface area contributed by atoms with Gasteiger partial charge < -0.3 is 0 Å². The number of hydrogen-bond acceptors (Lipinski definition) is 2. The molecule has 3 N–H and O–H groups in total. The maximum absolute atomic E-state index is 6.03. The Morgan fingerprint density at radius 3 is 2.52 bits per heavy atom. The van der Waals surface area contributed by atoms with Gasteiger partial charge in [0.2, 0.25) is 0 Å². The summed E-state index contributed by atoms with van der Waals surface area (Å²) in [5.74, 6) is 8.73. The van der Waals surface area contributed by atoms with E-state index in [1.165, 1.54) is 37.7 Å². The lowest BCUT2D eigenvalue weighted by Crippen LogP contribution is -2.48. The highest BCUT2D eigenvalue weighted by Crippen LogP contribution is 2.39. The quantitative estimate of drug-likeness (QED) is 0.598. The number of hydrogen-bond donors (Lipinski definition) is 2. The Labute approximate surface area is 130 Å². The van der Waals surface area contributed by atoms with Crippen LogP contribution in [0.3, 0.4) is 0 Å². The number of benzene rings is 1. The van der Waals surface area contributed by atoms with Crippen LogP contribution in [0.2, 0.25) is 0 Å². The second-order valence-corrected chi connectivity index (χ2v) is 7.05. The van der Waals surface area contributed by atoms with Crippen LogP contribution in [0.25, 0.3) is 0 Å². The molecule has 0 aliphatic heterocycles. The Morgan fingerprint density at radius 2 is 1.95 bits per heavy atom. The molecule has 0 aromatic heterocycles. The monoisotopic (exact) mass is 288 g/mol. The van der Waals surface area contributed by atoms with Crippen molar-refractivity contribution in [1.82, 2.24) is 5.43 Å². The third-order valence-electron chi connectivity index (χ3n) is 5.51. The normalized spacial score (nSPS) is 27.0. The molecule has 118 valence electrons. The van der Waals surface area contributed by atoms with Crippen molar-refractivity contribution in [2.24, 2.45) is 23.6 Å². The van der Waals surface area contributed by atoms with Crippen molar-refractivity contribution >= 4 is 0 Å². The molecule has 21 heavy (non-hydrogen) atoms. The molecule has 5 atom stereocenters. The summed E-state index contributed by atoms with van der Waals surface area (Å²) in [6, 6.07) is 11.3. The lowest BCUT2D eigenvalue weighted by molar-refractivity contribution is 0.180. The van der Waals surface area contributed by atoms with Gasteiger partial charge in [-0.2, -0.15) is 0 Å². The van der Waals surface area contributed by atoms with Crippen molar-refractivity contribution in [2.75, 3.05) is 0 Å². The Kier molecular flexibility index (Phi) is 6.25. The topological polar surface area (TPSA) is 38.0 Å². The first-order valence-corrected chi connectivity index (χ1v) is 8.68. The Balaban J connectivity index is 2.24. The van der Waals surface area contributed by atoms with Crippen LogP contribution in [0.5, 0.6) is 0 Å². The highest BCUT2D eigenvalue weighted by atomic mass is 15.2. The summed E-state index contributed by atoms with van der Waals surface area (Å²) in [5, 5.41) is 0. The minimum Gasteiger partial charge on any atom is -0.271 e. The van der Waals surface area contributed by atoms with Crippen molar-refractivity contribution in [2.45, 2.75) is 64.8 Å². The molecule has 0 amide bonds. The highest BCUT2D eigenvalue weighted by Gasteiger charge is 2.34. The molecule has 1 aromatic rings. The molecule has 0 heterocycles. The molecule has 1 aliphatic carbocycles. The molecule has 1 aromatic carbocycles. The third-order valence-corrected chi connectivity index (χ3v) is 5.51. The van der Waals surface area contributed by atoms with E-state index in [2.05, 4.69) is 56.5 Å². The summed E-state index contributed by atoms with van der Waals surface area (Å²) in [4.78, 5) is 0. The summed E-state index contributed by atoms with van der Waals surface area (Å²) >= 11 is 0. The van der Waals surface area contributed by atoms with Crippen LogP contribution in [-0.2, 0) is 0 Å². The van der Waals surface area contributed by atoms with Crippen LogP contribution in [0, 0.1) is 17.8 Å². The lowest BCUT2D eigenvalue weighted by atomic mass is 9.70. The molecule has 0 saturated heterocycles. The first kappa shape index (κ1) is 16.5. The van der Waals surface area contributed by atoms with E-state index in [0.717, 1.165) is 5.92 Å². The molecular weight excluding hydrogens is 256 g/mol. The molecular formula is C19H32N2. The molecule has 0 bridgehead atoms. The lowest BCUT2D eigenvalue weighted by Gasteiger charge is -2.40. The van der Waals surface area contributed by atoms with E-state index in [-0.39, 0.29) is 0 Å². The Bertz CT molecular complexity index is 403. The molecule has 2 rings (SSSR count). The zero-order valence-electron chi connectivity index (χ0n) is 13.9. The summed E-state index contributed by atoms with van der Waals surface area (Å²) in [6.07, 6.45) is 6.56. The van der Waals surface area contributed by atoms with Crippen molar-refractivity contribution < 1.29 is 0 Å². The van der Waals surface area contributed by atoms with Gasteiger partial charge in [-0.25, -0.2) is 0 Å². The largest absolute Gasteiger partial charge is 0.271 e. The number of rotatable bonds is 6. The molecule has 2 heteroatoms. The average Bonchev–Trinajstić information content (AvgIpc) is 2.52. The summed E-state index contributed by atoms with van der Waals surface area (Å²) in [6.45, 7) is 7.05. The van der Waals surface area contributed by atoms with Gasteiger partial charge in [-0.15, -0.1) is 0 Å². The van der Waals surface area contributed by atoms with E-state index >= 15 is 0 Å². The second-order valence-electron chi connectivity index (χ2n) is 7.05. The zero-order valence-corrected chi connectivity index (χ0v) is 13.9. The van der Waals surface area contributed by atoms with Crippen molar-refractivity contribution in [3.8, 4) is 0 Å². The van der Waals surface area contributed by atoms with Crippen molar-refractivity contribution in [3.05, 3.63) is 35.9 Å². The predicted molar refractivity (Wildman–Crippen MR) is 90.9 cm³/mol. The fourth-order valence-corrected chi connectivity index (χ4v) is 4.16.